The van der Waals surface area contributed by atoms with Gasteiger partial charge in [-0.15, -0.1) is 0 Å². The van der Waals surface area contributed by atoms with Crippen LogP contribution in [0.5, 0.6) is 0 Å². The summed E-state index contributed by atoms with van der Waals surface area (Å²) in [6.07, 6.45) is 0. The lowest BCUT2D eigenvalue weighted by atomic mass is 10.1. The van der Waals surface area contributed by atoms with Gasteiger partial charge in [-0.2, -0.15) is 0 Å². The molecule has 0 aliphatic carbocycles. The minimum absolute atomic E-state index is 0.651. The molecular weight excluding hydrogens is 160 g/mol. The van der Waals surface area contributed by atoms with Crippen molar-refractivity contribution in [2.24, 2.45) is 0 Å². The van der Waals surface area contributed by atoms with E-state index in [9.17, 15) is 0 Å². The molecule has 2 aromatic carbocycles. The van der Waals surface area contributed by atoms with E-state index in [-0.39, 0.29) is 0 Å². The van der Waals surface area contributed by atoms with E-state index >= 15 is 0 Å². The van der Waals surface area contributed by atoms with Crippen LogP contribution in [0.25, 0.3) is 10.8 Å². The van der Waals surface area contributed by atoms with Gasteiger partial charge in [0.2, 0.25) is 0 Å². The fourth-order valence-corrected chi connectivity index (χ4v) is 1.47. The van der Waals surface area contributed by atoms with Gasteiger partial charge in [0.1, 0.15) is 0 Å². The van der Waals surface area contributed by atoms with E-state index in [1.807, 2.05) is 19.1 Å². The van der Waals surface area contributed by atoms with E-state index in [2.05, 4.69) is 18.2 Å². The molecule has 0 amide bonds. The van der Waals surface area contributed by atoms with Crippen molar-refractivity contribution in [2.45, 2.75) is 6.92 Å². The van der Waals surface area contributed by atoms with Crippen LogP contribution in [-0.2, 0) is 0 Å². The molecule has 4 N–H and O–H groups in total. The third kappa shape index (κ3) is 1.20. The lowest BCUT2D eigenvalue weighted by Gasteiger charge is -2.05. The van der Waals surface area contributed by atoms with Crippen molar-refractivity contribution in [3.63, 3.8) is 0 Å². The van der Waals surface area contributed by atoms with E-state index < -0.39 is 0 Å². The summed E-state index contributed by atoms with van der Waals surface area (Å²) in [5.41, 5.74) is 14.1. The number of hydrogen-bond donors (Lipinski definition) is 2. The summed E-state index contributed by atoms with van der Waals surface area (Å²) < 4.78 is 0. The zero-order valence-electron chi connectivity index (χ0n) is 7.54. The highest BCUT2D eigenvalue weighted by molar-refractivity contribution is 5.98. The predicted molar refractivity (Wildman–Crippen MR) is 57.5 cm³/mol. The van der Waals surface area contributed by atoms with E-state index in [1.165, 1.54) is 5.56 Å². The predicted octanol–water partition coefficient (Wildman–Crippen LogP) is 2.31. The molecule has 0 unspecified atom stereocenters. The minimum Gasteiger partial charge on any atom is -0.397 e. The topological polar surface area (TPSA) is 52.0 Å². The Kier molecular flexibility index (Phi) is 1.62. The summed E-state index contributed by atoms with van der Waals surface area (Å²) in [7, 11) is 0. The van der Waals surface area contributed by atoms with Crippen molar-refractivity contribution in [1.82, 2.24) is 0 Å². The quantitative estimate of drug-likeness (QED) is 0.599. The van der Waals surface area contributed by atoms with Gasteiger partial charge in [0.05, 0.1) is 11.4 Å². The lowest BCUT2D eigenvalue weighted by molar-refractivity contribution is 1.51. The van der Waals surface area contributed by atoms with Crippen molar-refractivity contribution in [3.05, 3.63) is 35.9 Å². The summed E-state index contributed by atoms with van der Waals surface area (Å²) >= 11 is 0. The standard InChI is InChI=1S/C11H12N2/c1-7-2-3-8-4-5-10(12)11(13)9(8)6-7/h2-6H,12-13H2,1H3. The highest BCUT2D eigenvalue weighted by atomic mass is 14.7. The van der Waals surface area contributed by atoms with Crippen LogP contribution in [0.2, 0.25) is 0 Å². The summed E-state index contributed by atoms with van der Waals surface area (Å²) in [5.74, 6) is 0. The number of nitrogen functional groups attached to an aromatic ring is 2. The average molecular weight is 172 g/mol. The maximum absolute atomic E-state index is 5.86. The van der Waals surface area contributed by atoms with Crippen LogP contribution >= 0.6 is 0 Å². The van der Waals surface area contributed by atoms with Crippen molar-refractivity contribution in [3.8, 4) is 0 Å². The molecule has 0 saturated heterocycles. The Balaban J connectivity index is 2.89. The van der Waals surface area contributed by atoms with Crippen molar-refractivity contribution in [1.29, 1.82) is 0 Å². The highest BCUT2D eigenvalue weighted by Crippen LogP contribution is 2.27. The number of nitrogens with two attached hydrogens (primary N) is 2. The smallest absolute Gasteiger partial charge is 0.0627 e. The fourth-order valence-electron chi connectivity index (χ4n) is 1.47. The monoisotopic (exact) mass is 172 g/mol. The summed E-state index contributed by atoms with van der Waals surface area (Å²) in [5, 5.41) is 2.18. The molecule has 2 nitrogen and oxygen atoms in total. The van der Waals surface area contributed by atoms with Crippen LogP contribution < -0.4 is 11.5 Å². The van der Waals surface area contributed by atoms with Gasteiger partial charge in [-0.05, 0) is 24.4 Å². The van der Waals surface area contributed by atoms with E-state index in [0.29, 0.717) is 11.4 Å². The van der Waals surface area contributed by atoms with E-state index in [0.717, 1.165) is 10.8 Å². The number of fused-ring (bicyclic) bond motifs is 1. The molecule has 0 saturated carbocycles. The second-order valence-electron chi connectivity index (χ2n) is 3.29. The molecule has 0 aliphatic rings. The number of hydrogen-bond acceptors (Lipinski definition) is 2. The zero-order valence-corrected chi connectivity index (χ0v) is 7.54. The van der Waals surface area contributed by atoms with Crippen LogP contribution in [0.15, 0.2) is 30.3 Å². The molecule has 0 atom stereocenters. The Morgan fingerprint density at radius 1 is 1.00 bits per heavy atom. The second kappa shape index (κ2) is 2.66. The third-order valence-electron chi connectivity index (χ3n) is 2.25. The molecule has 0 spiro atoms. The maximum Gasteiger partial charge on any atom is 0.0627 e. The zero-order chi connectivity index (χ0) is 9.42. The van der Waals surface area contributed by atoms with Crippen molar-refractivity contribution >= 4 is 22.1 Å². The van der Waals surface area contributed by atoms with Gasteiger partial charge in [0, 0.05) is 5.39 Å². The maximum atomic E-state index is 5.86. The molecule has 13 heavy (non-hydrogen) atoms. The molecule has 0 radical (unpaired) electrons. The highest BCUT2D eigenvalue weighted by Gasteiger charge is 2.00. The first kappa shape index (κ1) is 7.92. The first-order chi connectivity index (χ1) is 6.18. The SMILES string of the molecule is Cc1ccc2ccc(N)c(N)c2c1. The van der Waals surface area contributed by atoms with Crippen LogP contribution in [-0.4, -0.2) is 0 Å². The molecule has 0 heterocycles. The molecule has 0 fully saturated rings. The number of aryl methyl sites for hydroxylation is 1. The van der Waals surface area contributed by atoms with Crippen LogP contribution in [0.4, 0.5) is 11.4 Å². The molecule has 2 rings (SSSR count). The Labute approximate surface area is 77.2 Å². The lowest BCUT2D eigenvalue weighted by Crippen LogP contribution is -1.95. The van der Waals surface area contributed by atoms with Gasteiger partial charge in [0.25, 0.3) is 0 Å². The van der Waals surface area contributed by atoms with Crippen molar-refractivity contribution in [2.75, 3.05) is 11.5 Å². The fraction of sp³-hybridized carbons (Fsp3) is 0.0909. The molecule has 66 valence electrons. The second-order valence-corrected chi connectivity index (χ2v) is 3.29. The third-order valence-corrected chi connectivity index (χ3v) is 2.25. The van der Waals surface area contributed by atoms with Crippen molar-refractivity contribution < 1.29 is 0 Å². The first-order valence-corrected chi connectivity index (χ1v) is 4.23. The van der Waals surface area contributed by atoms with Gasteiger partial charge in [0.15, 0.2) is 0 Å². The molecular formula is C11H12N2. The number of anilines is 2. The summed E-state index contributed by atoms with van der Waals surface area (Å²) in [6.45, 7) is 2.04. The van der Waals surface area contributed by atoms with Gasteiger partial charge < -0.3 is 11.5 Å². The number of rotatable bonds is 0. The minimum atomic E-state index is 0.651. The Hall–Kier alpha value is -1.70. The summed E-state index contributed by atoms with van der Waals surface area (Å²) in [6, 6.07) is 10.0. The van der Waals surface area contributed by atoms with Gasteiger partial charge >= 0.3 is 0 Å². The van der Waals surface area contributed by atoms with Gasteiger partial charge in [-0.3, -0.25) is 0 Å². The van der Waals surface area contributed by atoms with Crippen LogP contribution in [0.3, 0.4) is 0 Å². The normalized spacial score (nSPS) is 10.5. The Morgan fingerprint density at radius 2 is 1.69 bits per heavy atom. The molecule has 2 aromatic rings. The first-order valence-electron chi connectivity index (χ1n) is 4.23. The molecule has 2 heteroatoms. The van der Waals surface area contributed by atoms with Gasteiger partial charge in [-0.25, -0.2) is 0 Å². The van der Waals surface area contributed by atoms with Gasteiger partial charge in [-0.1, -0.05) is 23.8 Å². The largest absolute Gasteiger partial charge is 0.397 e. The average Bonchev–Trinajstić information content (AvgIpc) is 2.12. The van der Waals surface area contributed by atoms with E-state index in [1.54, 1.807) is 0 Å². The Bertz CT molecular complexity index is 456. The number of benzene rings is 2. The molecule has 0 aromatic heterocycles. The van der Waals surface area contributed by atoms with Crippen LogP contribution in [0.1, 0.15) is 5.56 Å². The van der Waals surface area contributed by atoms with Crippen LogP contribution in [0, 0.1) is 6.92 Å². The molecule has 0 aliphatic heterocycles. The molecule has 0 bridgehead atoms. The van der Waals surface area contributed by atoms with E-state index in [4.69, 9.17) is 11.5 Å². The Morgan fingerprint density at radius 3 is 2.46 bits per heavy atom. The summed E-state index contributed by atoms with van der Waals surface area (Å²) in [4.78, 5) is 0.